The molecule has 0 atom stereocenters. The van der Waals surface area contributed by atoms with Gasteiger partial charge in [0.15, 0.2) is 0 Å². The second kappa shape index (κ2) is 10.6. The average Bonchev–Trinajstić information content (AvgIpc) is 2.88. The minimum Gasteiger partial charge on any atom is -0.495 e. The summed E-state index contributed by atoms with van der Waals surface area (Å²) in [6.45, 7) is 0.287. The number of ether oxygens (including phenoxy) is 1. The Bertz CT molecular complexity index is 1300. The van der Waals surface area contributed by atoms with Crippen LogP contribution in [-0.4, -0.2) is 35.5 Å². The van der Waals surface area contributed by atoms with Crippen molar-refractivity contribution in [3.05, 3.63) is 78.9 Å². The van der Waals surface area contributed by atoms with Crippen LogP contribution in [0.1, 0.15) is 6.42 Å². The number of fused-ring (bicyclic) bond motifs is 1. The lowest BCUT2D eigenvalue weighted by Gasteiger charge is -2.23. The van der Waals surface area contributed by atoms with Crippen LogP contribution >= 0.6 is 11.8 Å². The van der Waals surface area contributed by atoms with Crippen LogP contribution in [0.3, 0.4) is 0 Å². The average molecular weight is 455 g/mol. The molecule has 164 valence electrons. The number of methoxy groups -OCH3 is 1. The molecule has 4 aromatic rings. The maximum absolute atomic E-state index is 13.2. The molecule has 0 saturated carbocycles. The third kappa shape index (κ3) is 4.97. The lowest BCUT2D eigenvalue weighted by Crippen LogP contribution is -2.33. The molecule has 0 unspecified atom stereocenters. The molecule has 6 nitrogen and oxygen atoms in total. The molecule has 0 aliphatic carbocycles. The molecule has 0 saturated heterocycles. The molecule has 7 heteroatoms. The zero-order valence-electron chi connectivity index (χ0n) is 18.1. The fourth-order valence-corrected chi connectivity index (χ4v) is 4.45. The van der Waals surface area contributed by atoms with E-state index in [4.69, 9.17) is 10.00 Å². The van der Waals surface area contributed by atoms with Crippen molar-refractivity contribution in [2.75, 3.05) is 24.3 Å². The largest absolute Gasteiger partial charge is 0.495 e. The molecule has 0 aliphatic heterocycles. The lowest BCUT2D eigenvalue weighted by molar-refractivity contribution is -0.116. The maximum Gasteiger partial charge on any atom is 0.237 e. The summed E-state index contributed by atoms with van der Waals surface area (Å²) >= 11 is 1.34. The van der Waals surface area contributed by atoms with Gasteiger partial charge in [0, 0.05) is 22.9 Å². The molecule has 0 aliphatic rings. The number of thioether (sulfide) groups is 1. The van der Waals surface area contributed by atoms with Gasteiger partial charge in [-0.3, -0.25) is 4.79 Å². The van der Waals surface area contributed by atoms with Crippen LogP contribution in [0, 0.1) is 11.3 Å². The van der Waals surface area contributed by atoms with Gasteiger partial charge in [0.1, 0.15) is 16.5 Å². The summed E-state index contributed by atoms with van der Waals surface area (Å²) in [4.78, 5) is 14.8. The van der Waals surface area contributed by atoms with Gasteiger partial charge < -0.3 is 9.64 Å². The summed E-state index contributed by atoms with van der Waals surface area (Å²) in [5, 5.41) is 20.6. The van der Waals surface area contributed by atoms with Crippen molar-refractivity contribution in [1.82, 2.24) is 10.2 Å². The Morgan fingerprint density at radius 1 is 0.970 bits per heavy atom. The number of carbonyl (C=O) groups is 1. The molecule has 0 fully saturated rings. The molecule has 1 aromatic heterocycles. The van der Waals surface area contributed by atoms with Crippen LogP contribution in [0.4, 0.5) is 5.69 Å². The third-order valence-electron chi connectivity index (χ3n) is 5.16. The first-order chi connectivity index (χ1) is 16.2. The Balaban J connectivity index is 1.61. The number of carbonyl (C=O) groups excluding carboxylic acids is 1. The van der Waals surface area contributed by atoms with Gasteiger partial charge in [0.25, 0.3) is 0 Å². The number of anilines is 1. The Hall–Kier alpha value is -3.89. The highest BCUT2D eigenvalue weighted by Gasteiger charge is 2.20. The fraction of sp³-hybridized carbons (Fsp3) is 0.154. The smallest absolute Gasteiger partial charge is 0.237 e. The number of hydrogen-bond acceptors (Lipinski definition) is 6. The number of para-hydroxylation sites is 2. The summed E-state index contributed by atoms with van der Waals surface area (Å²) in [5.74, 6) is 0.622. The van der Waals surface area contributed by atoms with Crippen LogP contribution in [0.2, 0.25) is 0 Å². The Labute approximate surface area is 196 Å². The van der Waals surface area contributed by atoms with E-state index in [9.17, 15) is 4.79 Å². The van der Waals surface area contributed by atoms with E-state index >= 15 is 0 Å². The van der Waals surface area contributed by atoms with E-state index in [0.717, 1.165) is 22.0 Å². The second-order valence-corrected chi connectivity index (χ2v) is 8.14. The van der Waals surface area contributed by atoms with E-state index in [1.165, 1.54) is 11.8 Å². The van der Waals surface area contributed by atoms with E-state index in [2.05, 4.69) is 16.3 Å². The topological polar surface area (TPSA) is 79.1 Å². The van der Waals surface area contributed by atoms with Gasteiger partial charge in [-0.1, -0.05) is 78.5 Å². The SMILES string of the molecule is COc1ccccc1N(CCC#N)C(=O)CSc1nnc(-c2ccccc2)c2ccccc12. The van der Waals surface area contributed by atoms with Crippen LogP contribution in [0.15, 0.2) is 83.9 Å². The Kier molecular flexibility index (Phi) is 7.18. The molecule has 0 spiro atoms. The molecule has 1 amide bonds. The summed E-state index contributed by atoms with van der Waals surface area (Å²) in [6.07, 6.45) is 0.225. The van der Waals surface area contributed by atoms with Crippen molar-refractivity contribution in [3.63, 3.8) is 0 Å². The Morgan fingerprint density at radius 3 is 2.42 bits per heavy atom. The van der Waals surface area contributed by atoms with Crippen molar-refractivity contribution in [1.29, 1.82) is 5.26 Å². The number of nitriles is 1. The zero-order valence-corrected chi connectivity index (χ0v) is 19.0. The summed E-state index contributed by atoms with van der Waals surface area (Å²) < 4.78 is 5.43. The summed E-state index contributed by atoms with van der Waals surface area (Å²) in [6, 6.07) is 27.3. The zero-order chi connectivity index (χ0) is 23.0. The normalized spacial score (nSPS) is 10.5. The van der Waals surface area contributed by atoms with Crippen molar-refractivity contribution < 1.29 is 9.53 Å². The fourth-order valence-electron chi connectivity index (χ4n) is 3.60. The monoisotopic (exact) mass is 454 g/mol. The molecule has 4 rings (SSSR count). The number of aromatic nitrogens is 2. The van der Waals surface area contributed by atoms with E-state index in [1.807, 2.05) is 72.8 Å². The molecule has 0 bridgehead atoms. The standard InChI is InChI=1S/C26H22N4O2S/c1-32-23-15-8-7-14-22(23)30(17-9-16-27)24(31)18-33-26-21-13-6-5-12-20(21)25(28-29-26)19-10-3-2-4-11-19/h2-8,10-15H,9,17-18H2,1H3. The van der Waals surface area contributed by atoms with Crippen molar-refractivity contribution >= 4 is 34.1 Å². The lowest BCUT2D eigenvalue weighted by atomic mass is 10.1. The van der Waals surface area contributed by atoms with Crippen molar-refractivity contribution in [2.24, 2.45) is 0 Å². The molecule has 1 heterocycles. The molecule has 0 N–H and O–H groups in total. The highest BCUT2D eigenvalue weighted by atomic mass is 32.2. The number of hydrogen-bond donors (Lipinski definition) is 0. The highest BCUT2D eigenvalue weighted by molar-refractivity contribution is 8.00. The quantitative estimate of drug-likeness (QED) is 0.334. The number of rotatable bonds is 8. The first kappa shape index (κ1) is 22.3. The Morgan fingerprint density at radius 2 is 1.67 bits per heavy atom. The van der Waals surface area contributed by atoms with E-state index in [1.54, 1.807) is 18.1 Å². The first-order valence-corrected chi connectivity index (χ1v) is 11.5. The predicted molar refractivity (Wildman–Crippen MR) is 131 cm³/mol. The third-order valence-corrected chi connectivity index (χ3v) is 6.12. The first-order valence-electron chi connectivity index (χ1n) is 10.5. The van der Waals surface area contributed by atoms with Gasteiger partial charge in [0.2, 0.25) is 5.91 Å². The van der Waals surface area contributed by atoms with Crippen LogP contribution in [0.25, 0.3) is 22.0 Å². The van der Waals surface area contributed by atoms with Gasteiger partial charge in [-0.15, -0.1) is 10.2 Å². The highest BCUT2D eigenvalue weighted by Crippen LogP contribution is 2.33. The van der Waals surface area contributed by atoms with Gasteiger partial charge in [-0.2, -0.15) is 5.26 Å². The number of benzene rings is 3. The summed E-state index contributed by atoms with van der Waals surface area (Å²) in [7, 11) is 1.57. The number of nitrogens with zero attached hydrogens (tertiary/aromatic N) is 4. The van der Waals surface area contributed by atoms with E-state index in [0.29, 0.717) is 16.5 Å². The van der Waals surface area contributed by atoms with Gasteiger partial charge in [-0.25, -0.2) is 0 Å². The second-order valence-electron chi connectivity index (χ2n) is 7.18. The molecule has 0 radical (unpaired) electrons. The molecule has 3 aromatic carbocycles. The number of amides is 1. The van der Waals surface area contributed by atoms with E-state index < -0.39 is 0 Å². The van der Waals surface area contributed by atoms with Crippen LogP contribution in [0.5, 0.6) is 5.75 Å². The molecule has 33 heavy (non-hydrogen) atoms. The van der Waals surface area contributed by atoms with E-state index in [-0.39, 0.29) is 24.6 Å². The van der Waals surface area contributed by atoms with Gasteiger partial charge in [-0.05, 0) is 12.1 Å². The van der Waals surface area contributed by atoms with Crippen LogP contribution in [-0.2, 0) is 4.79 Å². The minimum atomic E-state index is -0.127. The summed E-state index contributed by atoms with van der Waals surface area (Å²) in [5.41, 5.74) is 2.45. The van der Waals surface area contributed by atoms with Crippen molar-refractivity contribution in [2.45, 2.75) is 11.4 Å². The maximum atomic E-state index is 13.2. The predicted octanol–water partition coefficient (Wildman–Crippen LogP) is 5.34. The van der Waals surface area contributed by atoms with Crippen LogP contribution < -0.4 is 9.64 Å². The minimum absolute atomic E-state index is 0.127. The van der Waals surface area contributed by atoms with Crippen molar-refractivity contribution in [3.8, 4) is 23.1 Å². The van der Waals surface area contributed by atoms with Gasteiger partial charge >= 0.3 is 0 Å². The molecular weight excluding hydrogens is 432 g/mol. The molecular formula is C26H22N4O2S. The van der Waals surface area contributed by atoms with Gasteiger partial charge in [0.05, 0.1) is 31.0 Å².